The fourth-order valence-corrected chi connectivity index (χ4v) is 1.59. The number of benzene rings is 1. The molecule has 1 aromatic heterocycles. The van der Waals surface area contributed by atoms with Crippen molar-refractivity contribution in [3.05, 3.63) is 24.3 Å². The van der Waals surface area contributed by atoms with Gasteiger partial charge in [0.05, 0.1) is 7.11 Å². The Bertz CT molecular complexity index is 492. The monoisotopic (exact) mass is 218 g/mol. The molecule has 0 bridgehead atoms. The number of nitrogens with zero attached hydrogens (tertiary/aromatic N) is 3. The molecule has 0 unspecified atom stereocenters. The summed E-state index contributed by atoms with van der Waals surface area (Å²) in [5, 5.41) is 8.05. The topological polar surface area (TPSA) is 66.0 Å². The molecule has 0 fully saturated rings. The third kappa shape index (κ3) is 1.60. The lowest BCUT2D eigenvalue weighted by atomic mass is 10.1. The predicted molar refractivity (Wildman–Crippen MR) is 62.1 cm³/mol. The molecule has 2 rings (SSSR count). The van der Waals surface area contributed by atoms with E-state index >= 15 is 0 Å². The van der Waals surface area contributed by atoms with Crippen molar-refractivity contribution in [2.75, 3.05) is 12.8 Å². The van der Waals surface area contributed by atoms with E-state index in [0.717, 1.165) is 11.3 Å². The van der Waals surface area contributed by atoms with E-state index in [-0.39, 0.29) is 0 Å². The normalized spacial score (nSPS) is 10.4. The van der Waals surface area contributed by atoms with E-state index in [9.17, 15) is 0 Å². The van der Waals surface area contributed by atoms with E-state index in [4.69, 9.17) is 10.5 Å². The molecule has 0 aliphatic carbocycles. The summed E-state index contributed by atoms with van der Waals surface area (Å²) >= 11 is 0. The number of para-hydroxylation sites is 1. The zero-order valence-electron chi connectivity index (χ0n) is 9.34. The molecule has 2 N–H and O–H groups in total. The number of aromatic nitrogens is 3. The van der Waals surface area contributed by atoms with Crippen LogP contribution in [0.4, 0.5) is 5.82 Å². The van der Waals surface area contributed by atoms with Gasteiger partial charge in [0.1, 0.15) is 11.4 Å². The highest BCUT2D eigenvalue weighted by Gasteiger charge is 2.14. The van der Waals surface area contributed by atoms with Gasteiger partial charge in [0.2, 0.25) is 0 Å². The van der Waals surface area contributed by atoms with Gasteiger partial charge in [-0.05, 0) is 19.1 Å². The van der Waals surface area contributed by atoms with Crippen LogP contribution < -0.4 is 10.5 Å². The minimum absolute atomic E-state index is 0.562. The molecule has 1 heterocycles. The molecule has 0 aliphatic heterocycles. The Morgan fingerprint density at radius 1 is 1.38 bits per heavy atom. The molecule has 0 atom stereocenters. The summed E-state index contributed by atoms with van der Waals surface area (Å²) < 4.78 is 6.92. The van der Waals surface area contributed by atoms with Crippen molar-refractivity contribution < 1.29 is 4.74 Å². The Morgan fingerprint density at radius 3 is 2.75 bits per heavy atom. The van der Waals surface area contributed by atoms with E-state index in [1.54, 1.807) is 11.8 Å². The average molecular weight is 218 g/mol. The second-order valence-electron chi connectivity index (χ2n) is 3.34. The second-order valence-corrected chi connectivity index (χ2v) is 3.34. The second kappa shape index (κ2) is 4.22. The first-order valence-corrected chi connectivity index (χ1v) is 5.10. The molecule has 0 radical (unpaired) electrons. The Hall–Kier alpha value is -2.04. The number of aryl methyl sites for hydroxylation is 1. The van der Waals surface area contributed by atoms with Crippen LogP contribution in [0.3, 0.4) is 0 Å². The average Bonchev–Trinajstić information content (AvgIpc) is 2.70. The van der Waals surface area contributed by atoms with Crippen LogP contribution in [-0.4, -0.2) is 22.1 Å². The SMILES string of the molecule is CCn1nnc(-c2ccccc2OC)c1N. The molecule has 0 aliphatic rings. The maximum absolute atomic E-state index is 5.95. The van der Waals surface area contributed by atoms with E-state index < -0.39 is 0 Å². The number of hydrogen-bond donors (Lipinski definition) is 1. The molecular weight excluding hydrogens is 204 g/mol. The highest BCUT2D eigenvalue weighted by molar-refractivity contribution is 5.74. The van der Waals surface area contributed by atoms with Gasteiger partial charge in [0.25, 0.3) is 0 Å². The largest absolute Gasteiger partial charge is 0.496 e. The van der Waals surface area contributed by atoms with E-state index in [1.807, 2.05) is 31.2 Å². The molecule has 2 aromatic rings. The minimum atomic E-state index is 0.562. The minimum Gasteiger partial charge on any atom is -0.496 e. The molecule has 0 saturated carbocycles. The summed E-state index contributed by atoms with van der Waals surface area (Å²) in [6.45, 7) is 2.67. The van der Waals surface area contributed by atoms with Crippen molar-refractivity contribution >= 4 is 5.82 Å². The Balaban J connectivity index is 2.54. The third-order valence-corrected chi connectivity index (χ3v) is 2.44. The molecular formula is C11H14N4O. The molecule has 1 aromatic carbocycles. The molecule has 0 amide bonds. The fraction of sp³-hybridized carbons (Fsp3) is 0.273. The van der Waals surface area contributed by atoms with Crippen molar-refractivity contribution in [3.63, 3.8) is 0 Å². The van der Waals surface area contributed by atoms with E-state index in [1.165, 1.54) is 0 Å². The lowest BCUT2D eigenvalue weighted by Crippen LogP contribution is -2.02. The number of rotatable bonds is 3. The Labute approximate surface area is 93.8 Å². The van der Waals surface area contributed by atoms with Crippen LogP contribution >= 0.6 is 0 Å². The maximum atomic E-state index is 5.95. The molecule has 16 heavy (non-hydrogen) atoms. The summed E-state index contributed by atoms with van der Waals surface area (Å²) in [5.41, 5.74) is 7.48. The number of nitrogens with two attached hydrogens (primary N) is 1. The highest BCUT2D eigenvalue weighted by Crippen LogP contribution is 2.31. The first kappa shape index (κ1) is 10.5. The zero-order valence-corrected chi connectivity index (χ0v) is 9.34. The number of ether oxygens (including phenoxy) is 1. The van der Waals surface area contributed by atoms with Gasteiger partial charge in [-0.2, -0.15) is 0 Å². The summed E-state index contributed by atoms with van der Waals surface area (Å²) in [5.74, 6) is 1.31. The van der Waals surface area contributed by atoms with Gasteiger partial charge in [0, 0.05) is 12.1 Å². The van der Waals surface area contributed by atoms with E-state index in [2.05, 4.69) is 10.3 Å². The molecule has 84 valence electrons. The lowest BCUT2D eigenvalue weighted by Gasteiger charge is -2.06. The Kier molecular flexibility index (Phi) is 2.76. The Morgan fingerprint density at radius 2 is 2.12 bits per heavy atom. The predicted octanol–water partition coefficient (Wildman–Crippen LogP) is 1.56. The van der Waals surface area contributed by atoms with Gasteiger partial charge < -0.3 is 10.5 Å². The summed E-state index contributed by atoms with van der Waals surface area (Å²) in [6, 6.07) is 7.62. The van der Waals surface area contributed by atoms with Crippen molar-refractivity contribution in [2.24, 2.45) is 0 Å². The van der Waals surface area contributed by atoms with Crippen molar-refractivity contribution in [1.82, 2.24) is 15.0 Å². The third-order valence-electron chi connectivity index (χ3n) is 2.44. The van der Waals surface area contributed by atoms with Crippen LogP contribution in [-0.2, 0) is 6.54 Å². The van der Waals surface area contributed by atoms with Crippen LogP contribution in [0, 0.1) is 0 Å². The van der Waals surface area contributed by atoms with Crippen LogP contribution in [0.2, 0.25) is 0 Å². The fourth-order valence-electron chi connectivity index (χ4n) is 1.59. The van der Waals surface area contributed by atoms with Gasteiger partial charge in [0.15, 0.2) is 5.82 Å². The van der Waals surface area contributed by atoms with Crippen LogP contribution in [0.5, 0.6) is 5.75 Å². The van der Waals surface area contributed by atoms with E-state index in [0.29, 0.717) is 18.1 Å². The standard InChI is InChI=1S/C11H14N4O/c1-3-15-11(12)10(13-14-15)8-6-4-5-7-9(8)16-2/h4-7H,3,12H2,1-2H3. The van der Waals surface area contributed by atoms with Crippen molar-refractivity contribution in [1.29, 1.82) is 0 Å². The smallest absolute Gasteiger partial charge is 0.150 e. The lowest BCUT2D eigenvalue weighted by molar-refractivity contribution is 0.416. The molecule has 0 spiro atoms. The first-order valence-electron chi connectivity index (χ1n) is 5.10. The number of methoxy groups -OCH3 is 1. The number of nitrogen functional groups attached to an aromatic ring is 1. The van der Waals surface area contributed by atoms with Crippen molar-refractivity contribution in [2.45, 2.75) is 13.5 Å². The van der Waals surface area contributed by atoms with Crippen LogP contribution in [0.1, 0.15) is 6.92 Å². The van der Waals surface area contributed by atoms with Gasteiger partial charge in [-0.15, -0.1) is 5.10 Å². The maximum Gasteiger partial charge on any atom is 0.150 e. The summed E-state index contributed by atoms with van der Waals surface area (Å²) in [7, 11) is 1.62. The van der Waals surface area contributed by atoms with Crippen LogP contribution in [0.15, 0.2) is 24.3 Å². The van der Waals surface area contributed by atoms with Gasteiger partial charge in [-0.1, -0.05) is 17.3 Å². The number of anilines is 1. The zero-order chi connectivity index (χ0) is 11.5. The van der Waals surface area contributed by atoms with Gasteiger partial charge >= 0.3 is 0 Å². The molecule has 5 heteroatoms. The quantitative estimate of drug-likeness (QED) is 0.848. The first-order chi connectivity index (χ1) is 7.77. The van der Waals surface area contributed by atoms with Crippen LogP contribution in [0.25, 0.3) is 11.3 Å². The summed E-state index contributed by atoms with van der Waals surface area (Å²) in [4.78, 5) is 0. The summed E-state index contributed by atoms with van der Waals surface area (Å²) in [6.07, 6.45) is 0. The van der Waals surface area contributed by atoms with Crippen molar-refractivity contribution in [3.8, 4) is 17.0 Å². The number of hydrogen-bond acceptors (Lipinski definition) is 4. The highest BCUT2D eigenvalue weighted by atomic mass is 16.5. The van der Waals surface area contributed by atoms with Gasteiger partial charge in [-0.25, -0.2) is 4.68 Å². The molecule has 0 saturated heterocycles. The van der Waals surface area contributed by atoms with Gasteiger partial charge in [-0.3, -0.25) is 0 Å². The molecule has 5 nitrogen and oxygen atoms in total.